The highest BCUT2D eigenvalue weighted by atomic mass is 32.1. The molecule has 1 aromatic carbocycles. The Kier molecular flexibility index (Phi) is 6.55. The molecule has 7 heteroatoms. The molecule has 0 radical (unpaired) electrons. The van der Waals surface area contributed by atoms with Crippen molar-refractivity contribution in [3.05, 3.63) is 71.2 Å². The molecule has 1 saturated heterocycles. The van der Waals surface area contributed by atoms with Crippen molar-refractivity contribution >= 4 is 29.0 Å². The van der Waals surface area contributed by atoms with Crippen molar-refractivity contribution in [3.63, 3.8) is 0 Å². The lowest BCUT2D eigenvalue weighted by atomic mass is 9.74. The number of anilines is 1. The van der Waals surface area contributed by atoms with Gasteiger partial charge in [0.25, 0.3) is 5.91 Å². The maximum absolute atomic E-state index is 13.3. The van der Waals surface area contributed by atoms with Gasteiger partial charge in [0.1, 0.15) is 5.82 Å². The fourth-order valence-electron chi connectivity index (χ4n) is 4.45. The molecule has 0 spiro atoms. The zero-order valence-electron chi connectivity index (χ0n) is 18.2. The van der Waals surface area contributed by atoms with E-state index >= 15 is 0 Å². The molecule has 3 N–H and O–H groups in total. The molecule has 3 aromatic rings. The maximum Gasteiger partial charge on any atom is 0.257 e. The first kappa shape index (κ1) is 22.0. The summed E-state index contributed by atoms with van der Waals surface area (Å²) in [7, 11) is 0. The minimum absolute atomic E-state index is 0.000933. The summed E-state index contributed by atoms with van der Waals surface area (Å²) < 4.78 is 0. The van der Waals surface area contributed by atoms with Crippen LogP contribution in [0.2, 0.25) is 0 Å². The summed E-state index contributed by atoms with van der Waals surface area (Å²) in [4.78, 5) is 33.5. The number of aromatic nitrogens is 1. The molecule has 1 fully saturated rings. The largest absolute Gasteiger partial charge is 0.383 e. The molecule has 2 amide bonds. The Morgan fingerprint density at radius 1 is 1.19 bits per heavy atom. The van der Waals surface area contributed by atoms with Gasteiger partial charge in [0, 0.05) is 30.7 Å². The number of nitrogens with two attached hydrogens (primary N) is 1. The zero-order chi connectivity index (χ0) is 22.6. The Labute approximate surface area is 192 Å². The summed E-state index contributed by atoms with van der Waals surface area (Å²) in [5, 5.41) is 5.07. The van der Waals surface area contributed by atoms with Gasteiger partial charge >= 0.3 is 0 Å². The van der Waals surface area contributed by atoms with E-state index < -0.39 is 5.41 Å². The average Bonchev–Trinajstić information content (AvgIpc) is 3.35. The van der Waals surface area contributed by atoms with E-state index in [1.807, 2.05) is 13.0 Å². The van der Waals surface area contributed by atoms with E-state index in [9.17, 15) is 9.59 Å². The van der Waals surface area contributed by atoms with Crippen LogP contribution in [-0.4, -0.2) is 41.3 Å². The molecule has 4 rings (SSSR count). The van der Waals surface area contributed by atoms with Gasteiger partial charge in [0.2, 0.25) is 5.91 Å². The highest BCUT2D eigenvalue weighted by Gasteiger charge is 2.43. The van der Waals surface area contributed by atoms with Crippen LogP contribution in [0.25, 0.3) is 10.4 Å². The summed E-state index contributed by atoms with van der Waals surface area (Å²) in [5.74, 6) is 0.0480. The van der Waals surface area contributed by atoms with Gasteiger partial charge in [-0.3, -0.25) is 9.59 Å². The van der Waals surface area contributed by atoms with E-state index in [1.165, 1.54) is 10.4 Å². The van der Waals surface area contributed by atoms with Crippen LogP contribution in [0.15, 0.2) is 60.1 Å². The third kappa shape index (κ3) is 4.53. The first-order valence-corrected chi connectivity index (χ1v) is 11.8. The van der Waals surface area contributed by atoms with E-state index in [2.05, 4.69) is 46.0 Å². The molecular weight excluding hydrogens is 420 g/mol. The van der Waals surface area contributed by atoms with Crippen LogP contribution in [0.5, 0.6) is 0 Å². The summed E-state index contributed by atoms with van der Waals surface area (Å²) >= 11 is 1.71. The van der Waals surface area contributed by atoms with E-state index in [0.29, 0.717) is 31.6 Å². The van der Waals surface area contributed by atoms with E-state index in [4.69, 9.17) is 5.73 Å². The molecule has 2 aromatic heterocycles. The smallest absolute Gasteiger partial charge is 0.257 e. The van der Waals surface area contributed by atoms with Crippen LogP contribution in [0.4, 0.5) is 5.82 Å². The number of carbonyl (C=O) groups is 2. The quantitative estimate of drug-likeness (QED) is 0.597. The molecule has 6 nitrogen and oxygen atoms in total. The third-order valence-electron chi connectivity index (χ3n) is 6.05. The van der Waals surface area contributed by atoms with Crippen molar-refractivity contribution in [3.8, 4) is 10.4 Å². The van der Waals surface area contributed by atoms with Gasteiger partial charge < -0.3 is 16.0 Å². The number of nitrogens with zero attached hydrogens (tertiary/aromatic N) is 2. The van der Waals surface area contributed by atoms with Crippen LogP contribution in [0.1, 0.15) is 35.7 Å². The fraction of sp³-hybridized carbons (Fsp3) is 0.320. The minimum Gasteiger partial charge on any atom is -0.383 e. The van der Waals surface area contributed by atoms with Crippen molar-refractivity contribution < 1.29 is 9.59 Å². The van der Waals surface area contributed by atoms with Gasteiger partial charge in [-0.1, -0.05) is 30.3 Å². The number of carbonyl (C=O) groups excluding carboxylic acids is 2. The molecular formula is C25H28N4O2S. The predicted molar refractivity (Wildman–Crippen MR) is 128 cm³/mol. The van der Waals surface area contributed by atoms with Crippen LogP contribution in [0, 0.1) is 5.41 Å². The van der Waals surface area contributed by atoms with Gasteiger partial charge in [0.05, 0.1) is 11.0 Å². The SMILES string of the molecule is CCNC(=O)C1(Cc2ccc(-c3cccs3)cc2)CCCN(C(=O)c2cccnc2N)C1. The lowest BCUT2D eigenvalue weighted by Gasteiger charge is -2.42. The number of pyridine rings is 1. The minimum atomic E-state index is -0.675. The van der Waals surface area contributed by atoms with E-state index in [0.717, 1.165) is 18.4 Å². The zero-order valence-corrected chi connectivity index (χ0v) is 19.0. The number of nitrogen functional groups attached to an aromatic ring is 1. The van der Waals surface area contributed by atoms with Crippen molar-refractivity contribution in [2.24, 2.45) is 5.41 Å². The first-order chi connectivity index (χ1) is 15.5. The molecule has 1 aliphatic rings. The number of rotatable bonds is 6. The Morgan fingerprint density at radius 2 is 2.00 bits per heavy atom. The number of hydrogen-bond acceptors (Lipinski definition) is 5. The molecule has 0 aliphatic carbocycles. The van der Waals surface area contributed by atoms with Crippen molar-refractivity contribution in [1.82, 2.24) is 15.2 Å². The Balaban J connectivity index is 1.59. The Morgan fingerprint density at radius 3 is 2.69 bits per heavy atom. The van der Waals surface area contributed by atoms with E-state index in [1.54, 1.807) is 34.6 Å². The summed E-state index contributed by atoms with van der Waals surface area (Å²) in [6, 6.07) is 15.9. The predicted octanol–water partition coefficient (Wildman–Crippen LogP) is 3.99. The number of piperidine rings is 1. The highest BCUT2D eigenvalue weighted by Crippen LogP contribution is 2.36. The average molecular weight is 449 g/mol. The molecule has 166 valence electrons. The Bertz CT molecular complexity index is 1080. The molecule has 0 bridgehead atoms. The lowest BCUT2D eigenvalue weighted by molar-refractivity contribution is -0.133. The number of likely N-dealkylation sites (tertiary alicyclic amines) is 1. The van der Waals surface area contributed by atoms with Crippen molar-refractivity contribution in [2.75, 3.05) is 25.4 Å². The summed E-state index contributed by atoms with van der Waals surface area (Å²) in [6.45, 7) is 3.44. The number of amides is 2. The van der Waals surface area contributed by atoms with Crippen LogP contribution in [0.3, 0.4) is 0 Å². The van der Waals surface area contributed by atoms with Crippen LogP contribution >= 0.6 is 11.3 Å². The monoisotopic (exact) mass is 448 g/mol. The number of thiophene rings is 1. The molecule has 1 atom stereocenters. The first-order valence-electron chi connectivity index (χ1n) is 10.9. The lowest BCUT2D eigenvalue weighted by Crippen LogP contribution is -2.54. The molecule has 0 saturated carbocycles. The molecule has 3 heterocycles. The van der Waals surface area contributed by atoms with Crippen LogP contribution < -0.4 is 11.1 Å². The van der Waals surface area contributed by atoms with Crippen LogP contribution in [-0.2, 0) is 11.2 Å². The summed E-state index contributed by atoms with van der Waals surface area (Å²) in [5.41, 5.74) is 7.92. The highest BCUT2D eigenvalue weighted by molar-refractivity contribution is 7.13. The maximum atomic E-state index is 13.3. The topological polar surface area (TPSA) is 88.3 Å². The Hall–Kier alpha value is -3.19. The van der Waals surface area contributed by atoms with Crippen molar-refractivity contribution in [1.29, 1.82) is 0 Å². The number of nitrogens with one attached hydrogen (secondary N) is 1. The van der Waals surface area contributed by atoms with Gasteiger partial charge in [0.15, 0.2) is 0 Å². The van der Waals surface area contributed by atoms with E-state index in [-0.39, 0.29) is 17.6 Å². The molecule has 1 aliphatic heterocycles. The fourth-order valence-corrected chi connectivity index (χ4v) is 5.19. The number of benzene rings is 1. The second kappa shape index (κ2) is 9.53. The van der Waals surface area contributed by atoms with Gasteiger partial charge in [-0.25, -0.2) is 4.98 Å². The van der Waals surface area contributed by atoms with Gasteiger partial charge in [-0.15, -0.1) is 11.3 Å². The summed E-state index contributed by atoms with van der Waals surface area (Å²) in [6.07, 6.45) is 3.64. The van der Waals surface area contributed by atoms with Crippen molar-refractivity contribution in [2.45, 2.75) is 26.2 Å². The normalized spacial score (nSPS) is 18.3. The second-order valence-corrected chi connectivity index (χ2v) is 9.20. The molecule has 1 unspecified atom stereocenters. The second-order valence-electron chi connectivity index (χ2n) is 8.26. The van der Waals surface area contributed by atoms with Gasteiger partial charge in [-0.2, -0.15) is 0 Å². The van der Waals surface area contributed by atoms with Gasteiger partial charge in [-0.05, 0) is 60.9 Å². The third-order valence-corrected chi connectivity index (χ3v) is 6.97. The standard InChI is InChI=1S/C25H28N4O2S/c1-2-27-24(31)25(16-18-8-10-19(11-9-18)21-7-4-15-32-21)12-5-14-29(17-25)23(30)20-6-3-13-28-22(20)26/h3-4,6-11,13,15H,2,5,12,14,16-17H2,1H3,(H2,26,28)(H,27,31). The number of hydrogen-bond donors (Lipinski definition) is 2. The molecule has 32 heavy (non-hydrogen) atoms.